The lowest BCUT2D eigenvalue weighted by atomic mass is 10.2. The maximum absolute atomic E-state index is 12.7. The van der Waals surface area contributed by atoms with Crippen molar-refractivity contribution in [2.24, 2.45) is 5.73 Å². The number of nitrogens with two attached hydrogens (primary N) is 1. The maximum Gasteiger partial charge on any atom is 0.257 e. The number of benzene rings is 1. The van der Waals surface area contributed by atoms with Crippen molar-refractivity contribution in [2.45, 2.75) is 26.4 Å². The third kappa shape index (κ3) is 4.90. The Morgan fingerprint density at radius 2 is 1.96 bits per heavy atom. The quantitative estimate of drug-likeness (QED) is 0.631. The Morgan fingerprint density at radius 1 is 1.30 bits per heavy atom. The molecule has 0 bridgehead atoms. The zero-order valence-corrected chi connectivity index (χ0v) is 17.8. The van der Waals surface area contributed by atoms with Crippen molar-refractivity contribution in [1.82, 2.24) is 9.88 Å². The number of hydrogen-bond acceptors (Lipinski definition) is 5. The van der Waals surface area contributed by atoms with E-state index in [0.29, 0.717) is 11.3 Å². The highest BCUT2D eigenvalue weighted by Crippen LogP contribution is 2.34. The van der Waals surface area contributed by atoms with Gasteiger partial charge in [0.2, 0.25) is 0 Å². The fraction of sp³-hybridized carbons (Fsp3) is 0.263. The zero-order valence-electron chi connectivity index (χ0n) is 15.3. The van der Waals surface area contributed by atoms with Crippen LogP contribution < -0.4 is 5.73 Å². The molecule has 0 aliphatic rings. The second-order valence-electron chi connectivity index (χ2n) is 5.93. The van der Waals surface area contributed by atoms with Crippen molar-refractivity contribution in [3.05, 3.63) is 64.6 Å². The first-order valence-corrected chi connectivity index (χ1v) is 8.90. The molecule has 3 rings (SSSR count). The van der Waals surface area contributed by atoms with Crippen molar-refractivity contribution < 1.29 is 9.21 Å². The third-order valence-corrected chi connectivity index (χ3v) is 5.61. The Morgan fingerprint density at radius 3 is 2.56 bits per heavy atom. The van der Waals surface area contributed by atoms with Crippen molar-refractivity contribution >= 4 is 42.1 Å². The number of hydrogen-bond donors (Lipinski definition) is 1. The Bertz CT molecular complexity index is 880. The molecule has 0 aliphatic heterocycles. The molecule has 1 atom stereocenters. The van der Waals surface area contributed by atoms with Crippen molar-refractivity contribution in [2.75, 3.05) is 7.05 Å². The van der Waals surface area contributed by atoms with E-state index in [2.05, 4.69) is 4.98 Å². The van der Waals surface area contributed by atoms with Gasteiger partial charge in [-0.3, -0.25) is 4.79 Å². The van der Waals surface area contributed by atoms with Crippen LogP contribution in [0.15, 0.2) is 47.1 Å². The van der Waals surface area contributed by atoms with E-state index >= 15 is 0 Å². The number of aromatic nitrogens is 1. The van der Waals surface area contributed by atoms with Gasteiger partial charge in [0.25, 0.3) is 5.91 Å². The van der Waals surface area contributed by atoms with Crippen LogP contribution in [0.25, 0.3) is 10.6 Å². The van der Waals surface area contributed by atoms with Gasteiger partial charge in [-0.1, -0.05) is 30.3 Å². The molecule has 0 fully saturated rings. The summed E-state index contributed by atoms with van der Waals surface area (Å²) in [5, 5.41) is 0.967. The van der Waals surface area contributed by atoms with Gasteiger partial charge in [-0.05, 0) is 19.9 Å². The predicted molar refractivity (Wildman–Crippen MR) is 114 cm³/mol. The first-order valence-electron chi connectivity index (χ1n) is 8.08. The number of thiazole rings is 1. The average molecular weight is 428 g/mol. The first kappa shape index (κ1) is 23.2. The van der Waals surface area contributed by atoms with Crippen LogP contribution in [0.2, 0.25) is 0 Å². The zero-order chi connectivity index (χ0) is 18.0. The molecule has 1 unspecified atom stereocenters. The molecule has 1 amide bonds. The van der Waals surface area contributed by atoms with E-state index in [1.807, 2.05) is 44.2 Å². The smallest absolute Gasteiger partial charge is 0.257 e. The molecule has 0 aliphatic carbocycles. The van der Waals surface area contributed by atoms with Gasteiger partial charge in [-0.25, -0.2) is 4.98 Å². The van der Waals surface area contributed by atoms with Crippen LogP contribution >= 0.6 is 36.2 Å². The molecule has 2 heterocycles. The van der Waals surface area contributed by atoms with Gasteiger partial charge in [0, 0.05) is 12.6 Å². The summed E-state index contributed by atoms with van der Waals surface area (Å²) in [7, 11) is 1.80. The van der Waals surface area contributed by atoms with E-state index < -0.39 is 0 Å². The Kier molecular flexibility index (Phi) is 8.50. The van der Waals surface area contributed by atoms with Gasteiger partial charge in [0.05, 0.1) is 28.7 Å². The molecular weight excluding hydrogens is 405 g/mol. The van der Waals surface area contributed by atoms with E-state index in [1.165, 1.54) is 6.26 Å². The van der Waals surface area contributed by atoms with Gasteiger partial charge in [0.1, 0.15) is 17.0 Å². The molecular formula is C19H23Cl2N3O2S. The fourth-order valence-electron chi connectivity index (χ4n) is 2.66. The van der Waals surface area contributed by atoms with E-state index in [-0.39, 0.29) is 43.3 Å². The van der Waals surface area contributed by atoms with Crippen molar-refractivity contribution in [3.8, 4) is 10.6 Å². The molecule has 0 spiro atoms. The minimum absolute atomic E-state index is 0. The van der Waals surface area contributed by atoms with Crippen LogP contribution in [0.4, 0.5) is 0 Å². The number of furan rings is 1. The molecule has 146 valence electrons. The first-order chi connectivity index (χ1) is 12.0. The minimum atomic E-state index is -0.0926. The van der Waals surface area contributed by atoms with Gasteiger partial charge < -0.3 is 15.1 Å². The summed E-state index contributed by atoms with van der Waals surface area (Å²) >= 11 is 1.62. The summed E-state index contributed by atoms with van der Waals surface area (Å²) in [5.41, 5.74) is 8.10. The monoisotopic (exact) mass is 427 g/mol. The summed E-state index contributed by atoms with van der Waals surface area (Å²) in [6.45, 7) is 4.27. The average Bonchev–Trinajstić information content (AvgIpc) is 3.27. The molecule has 5 nitrogen and oxygen atoms in total. The highest BCUT2D eigenvalue weighted by Gasteiger charge is 2.24. The molecule has 0 radical (unpaired) electrons. The molecule has 0 saturated carbocycles. The van der Waals surface area contributed by atoms with Gasteiger partial charge in [-0.2, -0.15) is 0 Å². The lowest BCUT2D eigenvalue weighted by molar-refractivity contribution is 0.0744. The van der Waals surface area contributed by atoms with Crippen LogP contribution in [0, 0.1) is 6.92 Å². The molecule has 2 aromatic heterocycles. The largest absolute Gasteiger partial charge is 0.467 e. The molecule has 3 aromatic rings. The summed E-state index contributed by atoms with van der Waals surface area (Å²) in [6, 6.07) is 11.7. The van der Waals surface area contributed by atoms with E-state index in [4.69, 9.17) is 10.2 Å². The number of carbonyl (C=O) groups is 1. The molecule has 0 saturated heterocycles. The number of nitrogens with zero attached hydrogens (tertiary/aromatic N) is 2. The van der Waals surface area contributed by atoms with E-state index in [1.54, 1.807) is 29.4 Å². The molecule has 8 heteroatoms. The second kappa shape index (κ2) is 9.90. The molecule has 1 aromatic carbocycles. The van der Waals surface area contributed by atoms with E-state index in [0.717, 1.165) is 21.1 Å². The lowest BCUT2D eigenvalue weighted by Gasteiger charge is -2.23. The van der Waals surface area contributed by atoms with Crippen LogP contribution in [-0.2, 0) is 6.54 Å². The number of aryl methyl sites for hydroxylation is 1. The molecule has 27 heavy (non-hydrogen) atoms. The van der Waals surface area contributed by atoms with Crippen molar-refractivity contribution in [3.63, 3.8) is 0 Å². The molecule has 2 N–H and O–H groups in total. The fourth-order valence-corrected chi connectivity index (χ4v) is 3.82. The van der Waals surface area contributed by atoms with Crippen LogP contribution in [0.3, 0.4) is 0 Å². The Hall–Kier alpha value is -1.86. The number of halogens is 2. The summed E-state index contributed by atoms with van der Waals surface area (Å²) in [6.07, 6.45) is 1.46. The number of rotatable bonds is 5. The Labute approximate surface area is 175 Å². The van der Waals surface area contributed by atoms with Crippen molar-refractivity contribution in [1.29, 1.82) is 0 Å². The Balaban J connectivity index is 0.00000182. The standard InChI is InChI=1S/C19H21N3O2S.2ClH/c1-12-17(25-18(21-12)14-7-5-4-6-8-14)13(2)22(3)19(23)15-9-16(10-20)24-11-15;;/h4-9,11,13H,10,20H2,1-3H3;2*1H. The second-order valence-corrected chi connectivity index (χ2v) is 6.96. The van der Waals surface area contributed by atoms with E-state index in [9.17, 15) is 4.79 Å². The van der Waals surface area contributed by atoms with Crippen LogP contribution in [0.5, 0.6) is 0 Å². The number of amides is 1. The predicted octanol–water partition coefficient (Wildman–Crippen LogP) is 4.85. The van der Waals surface area contributed by atoms with Crippen LogP contribution in [0.1, 0.15) is 39.7 Å². The van der Waals surface area contributed by atoms with Gasteiger partial charge >= 0.3 is 0 Å². The third-order valence-electron chi connectivity index (χ3n) is 4.24. The number of carbonyl (C=O) groups excluding carboxylic acids is 1. The maximum atomic E-state index is 12.7. The summed E-state index contributed by atoms with van der Waals surface area (Å²) in [4.78, 5) is 20.2. The van der Waals surface area contributed by atoms with Gasteiger partial charge in [0.15, 0.2) is 0 Å². The SMILES string of the molecule is Cc1nc(-c2ccccc2)sc1C(C)N(C)C(=O)c1coc(CN)c1.Cl.Cl. The minimum Gasteiger partial charge on any atom is -0.467 e. The van der Waals surface area contributed by atoms with Crippen LogP contribution in [-0.4, -0.2) is 22.8 Å². The highest BCUT2D eigenvalue weighted by molar-refractivity contribution is 7.15. The lowest BCUT2D eigenvalue weighted by Crippen LogP contribution is -2.29. The van der Waals surface area contributed by atoms with Gasteiger partial charge in [-0.15, -0.1) is 36.2 Å². The normalized spacial score (nSPS) is 11.3. The highest BCUT2D eigenvalue weighted by atomic mass is 35.5. The summed E-state index contributed by atoms with van der Waals surface area (Å²) in [5.74, 6) is 0.509. The summed E-state index contributed by atoms with van der Waals surface area (Å²) < 4.78 is 5.27. The topological polar surface area (TPSA) is 72.4 Å².